The van der Waals surface area contributed by atoms with Crippen LogP contribution in [0.1, 0.15) is 34.5 Å². The van der Waals surface area contributed by atoms with Crippen molar-refractivity contribution in [3.8, 4) is 0 Å². The largest absolute Gasteiger partial charge is 0.369 e. The molecule has 5 rings (SSSR count). The molecule has 1 unspecified atom stereocenters. The fourth-order valence-electron chi connectivity index (χ4n) is 5.02. The molecule has 0 spiro atoms. The standard InChI is InChI=1S/C24H26FN5O5S/c1-36(34,35)22-4-2-3-16(26-22)13-28-7-9-29(10-8-28)20-12-15(25)11-17-18(20)14-30(24(17)33)19-5-6-21(31)27-23(19)32/h2-4,11-12,19H,5-10,13-14H2,1H3,(H,27,31,32). The molecule has 2 aromatic rings. The molecule has 1 N–H and O–H groups in total. The summed E-state index contributed by atoms with van der Waals surface area (Å²) >= 11 is 0. The molecule has 36 heavy (non-hydrogen) atoms. The van der Waals surface area contributed by atoms with Crippen molar-refractivity contribution < 1.29 is 27.2 Å². The number of carbonyl (C=O) groups excluding carboxylic acids is 3. The number of nitrogens with one attached hydrogen (secondary N) is 1. The summed E-state index contributed by atoms with van der Waals surface area (Å²) in [5.74, 6) is -1.79. The molecule has 1 aromatic carbocycles. The Morgan fingerprint density at radius 2 is 1.86 bits per heavy atom. The number of piperidine rings is 1. The molecule has 3 amide bonds. The second kappa shape index (κ2) is 9.25. The maximum atomic E-state index is 14.6. The van der Waals surface area contributed by atoms with Crippen LogP contribution >= 0.6 is 0 Å². The van der Waals surface area contributed by atoms with Gasteiger partial charge in [-0.15, -0.1) is 0 Å². The number of halogens is 1. The maximum Gasteiger partial charge on any atom is 0.255 e. The van der Waals surface area contributed by atoms with Gasteiger partial charge in [-0.25, -0.2) is 17.8 Å². The molecule has 0 bridgehead atoms. The predicted octanol–water partition coefficient (Wildman–Crippen LogP) is 0.707. The first-order chi connectivity index (χ1) is 17.1. The topological polar surface area (TPSA) is 120 Å². The zero-order chi connectivity index (χ0) is 25.6. The van der Waals surface area contributed by atoms with Gasteiger partial charge in [0, 0.05) is 68.8 Å². The highest BCUT2D eigenvalue weighted by Crippen LogP contribution is 2.35. The molecular formula is C24H26FN5O5S. The van der Waals surface area contributed by atoms with E-state index in [1.165, 1.54) is 23.1 Å². The zero-order valence-electron chi connectivity index (χ0n) is 19.7. The Bertz CT molecular complexity index is 1360. The number of anilines is 1. The molecule has 190 valence electrons. The molecule has 0 radical (unpaired) electrons. The van der Waals surface area contributed by atoms with Gasteiger partial charge in [-0.1, -0.05) is 6.07 Å². The first-order valence-electron chi connectivity index (χ1n) is 11.7. The van der Waals surface area contributed by atoms with Crippen molar-refractivity contribution in [2.24, 2.45) is 0 Å². The van der Waals surface area contributed by atoms with Crippen molar-refractivity contribution in [2.45, 2.75) is 37.0 Å². The van der Waals surface area contributed by atoms with E-state index in [9.17, 15) is 27.2 Å². The van der Waals surface area contributed by atoms with Crippen LogP contribution in [0.2, 0.25) is 0 Å². The zero-order valence-corrected chi connectivity index (χ0v) is 20.6. The molecule has 0 aliphatic carbocycles. The maximum absolute atomic E-state index is 14.6. The third-order valence-corrected chi connectivity index (χ3v) is 7.84. The number of rotatable bonds is 5. The van der Waals surface area contributed by atoms with E-state index in [0.29, 0.717) is 49.7 Å². The number of fused-ring (bicyclic) bond motifs is 1. The molecular weight excluding hydrogens is 489 g/mol. The van der Waals surface area contributed by atoms with Crippen LogP contribution in [0.15, 0.2) is 35.4 Å². The van der Waals surface area contributed by atoms with Crippen molar-refractivity contribution in [1.82, 2.24) is 20.1 Å². The van der Waals surface area contributed by atoms with Gasteiger partial charge in [-0.2, -0.15) is 0 Å². The van der Waals surface area contributed by atoms with Crippen molar-refractivity contribution in [3.63, 3.8) is 0 Å². The SMILES string of the molecule is CS(=O)(=O)c1cccc(CN2CCN(c3cc(F)cc4c3CN(C3CCC(=O)NC3=O)C4=O)CC2)n1. The Labute approximate surface area is 208 Å². The summed E-state index contributed by atoms with van der Waals surface area (Å²) in [6.07, 6.45) is 1.53. The molecule has 1 atom stereocenters. The number of hydrogen-bond acceptors (Lipinski definition) is 8. The van der Waals surface area contributed by atoms with Gasteiger partial charge in [-0.3, -0.25) is 24.6 Å². The molecule has 3 aliphatic heterocycles. The highest BCUT2D eigenvalue weighted by Gasteiger charge is 2.41. The van der Waals surface area contributed by atoms with Gasteiger partial charge >= 0.3 is 0 Å². The predicted molar refractivity (Wildman–Crippen MR) is 127 cm³/mol. The van der Waals surface area contributed by atoms with Crippen LogP contribution in [0, 0.1) is 5.82 Å². The first-order valence-corrected chi connectivity index (χ1v) is 13.6. The Balaban J connectivity index is 1.30. The molecule has 2 fully saturated rings. The van der Waals surface area contributed by atoms with Gasteiger partial charge in [0.2, 0.25) is 11.8 Å². The van der Waals surface area contributed by atoms with E-state index < -0.39 is 33.5 Å². The third-order valence-electron chi connectivity index (χ3n) is 6.86. The lowest BCUT2D eigenvalue weighted by atomic mass is 10.0. The summed E-state index contributed by atoms with van der Waals surface area (Å²) in [7, 11) is -3.39. The Kier molecular flexibility index (Phi) is 6.25. The number of benzene rings is 1. The number of carbonyl (C=O) groups is 3. The smallest absolute Gasteiger partial charge is 0.255 e. The van der Waals surface area contributed by atoms with Gasteiger partial charge in [0.1, 0.15) is 11.9 Å². The summed E-state index contributed by atoms with van der Waals surface area (Å²) in [4.78, 5) is 46.8. The second-order valence-corrected chi connectivity index (χ2v) is 11.3. The summed E-state index contributed by atoms with van der Waals surface area (Å²) in [6.45, 7) is 3.10. The Hall–Kier alpha value is -3.38. The van der Waals surface area contributed by atoms with Crippen LogP contribution < -0.4 is 10.2 Å². The van der Waals surface area contributed by atoms with E-state index in [2.05, 4.69) is 15.2 Å². The minimum atomic E-state index is -3.39. The molecule has 3 aliphatic rings. The molecule has 0 saturated carbocycles. The van der Waals surface area contributed by atoms with E-state index in [1.54, 1.807) is 12.1 Å². The summed E-state index contributed by atoms with van der Waals surface area (Å²) in [5, 5.41) is 2.32. The number of imide groups is 1. The monoisotopic (exact) mass is 515 g/mol. The van der Waals surface area contributed by atoms with E-state index in [1.807, 2.05) is 4.90 Å². The second-order valence-electron chi connectivity index (χ2n) is 9.35. The quantitative estimate of drug-likeness (QED) is 0.578. The summed E-state index contributed by atoms with van der Waals surface area (Å²) in [6, 6.07) is 6.81. The van der Waals surface area contributed by atoms with Crippen LogP contribution in [-0.2, 0) is 32.5 Å². The van der Waals surface area contributed by atoms with E-state index in [0.717, 1.165) is 6.26 Å². The number of nitrogens with zero attached hydrogens (tertiary/aromatic N) is 4. The van der Waals surface area contributed by atoms with Crippen LogP contribution in [0.25, 0.3) is 0 Å². The number of hydrogen-bond donors (Lipinski definition) is 1. The summed E-state index contributed by atoms with van der Waals surface area (Å²) < 4.78 is 38.2. The minimum absolute atomic E-state index is 0.0409. The lowest BCUT2D eigenvalue weighted by Crippen LogP contribution is -2.52. The van der Waals surface area contributed by atoms with Gasteiger partial charge in [0.15, 0.2) is 14.9 Å². The van der Waals surface area contributed by atoms with E-state index in [-0.39, 0.29) is 35.9 Å². The average molecular weight is 516 g/mol. The first kappa shape index (κ1) is 24.3. The van der Waals surface area contributed by atoms with Crippen LogP contribution in [0.5, 0.6) is 0 Å². The van der Waals surface area contributed by atoms with Gasteiger partial charge in [0.05, 0.1) is 5.69 Å². The van der Waals surface area contributed by atoms with E-state index in [4.69, 9.17) is 0 Å². The number of sulfone groups is 1. The lowest BCUT2D eigenvalue weighted by molar-refractivity contribution is -0.136. The van der Waals surface area contributed by atoms with Crippen LogP contribution in [-0.4, -0.2) is 79.4 Å². The molecule has 1 aromatic heterocycles. The van der Waals surface area contributed by atoms with Gasteiger partial charge in [-0.05, 0) is 30.7 Å². The Morgan fingerprint density at radius 3 is 2.56 bits per heavy atom. The molecule has 4 heterocycles. The molecule has 10 nitrogen and oxygen atoms in total. The van der Waals surface area contributed by atoms with Crippen LogP contribution in [0.4, 0.5) is 10.1 Å². The van der Waals surface area contributed by atoms with Crippen LogP contribution in [0.3, 0.4) is 0 Å². The minimum Gasteiger partial charge on any atom is -0.369 e. The van der Waals surface area contributed by atoms with Crippen molar-refractivity contribution in [1.29, 1.82) is 0 Å². The third kappa shape index (κ3) is 4.70. The number of pyridine rings is 1. The highest BCUT2D eigenvalue weighted by atomic mass is 32.2. The van der Waals surface area contributed by atoms with Crippen molar-refractivity contribution in [2.75, 3.05) is 37.3 Å². The molecule has 2 saturated heterocycles. The van der Waals surface area contributed by atoms with E-state index >= 15 is 0 Å². The number of amides is 3. The lowest BCUT2D eigenvalue weighted by Gasteiger charge is -2.37. The molecule has 12 heteroatoms. The normalized spacial score (nSPS) is 21.1. The highest BCUT2D eigenvalue weighted by molar-refractivity contribution is 7.90. The van der Waals surface area contributed by atoms with Gasteiger partial charge < -0.3 is 9.80 Å². The Morgan fingerprint density at radius 1 is 1.11 bits per heavy atom. The summed E-state index contributed by atoms with van der Waals surface area (Å²) in [5.41, 5.74) is 2.22. The van der Waals surface area contributed by atoms with Crippen molar-refractivity contribution >= 4 is 33.2 Å². The average Bonchev–Trinajstić information content (AvgIpc) is 3.15. The number of piperazine rings is 1. The number of aromatic nitrogens is 1. The fraction of sp³-hybridized carbons (Fsp3) is 0.417. The van der Waals surface area contributed by atoms with Crippen molar-refractivity contribution in [3.05, 3.63) is 53.0 Å². The fourth-order valence-corrected chi connectivity index (χ4v) is 5.63. The van der Waals surface area contributed by atoms with Gasteiger partial charge in [0.25, 0.3) is 5.91 Å².